The van der Waals surface area contributed by atoms with Crippen LogP contribution in [0.4, 0.5) is 22.6 Å². The second-order valence-electron chi connectivity index (χ2n) is 36.9. The number of cyclic esters (lactones) is 1. The van der Waals surface area contributed by atoms with Gasteiger partial charge in [-0.3, -0.25) is 33.7 Å². The van der Waals surface area contributed by atoms with Crippen molar-refractivity contribution in [2.24, 2.45) is 35.5 Å². The number of hydrogen-bond acceptors (Lipinski definition) is 29. The fourth-order valence-electron chi connectivity index (χ4n) is 19.7. The molecule has 716 valence electrons. The minimum absolute atomic E-state index is 0.00142. The number of esters is 1. The number of aliphatic hydroxyl groups excluding tert-OH is 1. The van der Waals surface area contributed by atoms with Crippen LogP contribution in [0.3, 0.4) is 0 Å². The van der Waals surface area contributed by atoms with Gasteiger partial charge in [-0.05, 0) is 148 Å². The molecule has 6 aromatic rings. The summed E-state index contributed by atoms with van der Waals surface area (Å²) < 4.78 is 56.1. The standard InChI is InChI=1S/C97H134N16O19/c1-59-17-13-12-14-18-60(2)77(124-8)51-72-25-20-65(7)97(123,132-72)89(119)92(120)112-32-16-15-19-74(112)93(121)129-79(52-78(125-9)61(3)46-64(6)87(118)88(127-11)86(117)63(5)45-59)62(4)47-66-22-26-76(80(49-66)126-10)131-96(122)102-55-68-53-100-95(101-54-68)110-40-38-109(39-41-110)83(116)31-43-128-44-42-107-34-36-108(37-35-107)81(114)28-29-82(115)111-33-30-69-48-67(21-23-71(69)57-111)56-113-91-84(90(98)103-58-104-91)85(106-113)70-24-27-75-73(50-70)105-94(99)130-75/h12-14,17-18,21,23-24,27,46,48,50,53-54,58-59,61-63,65-66,72,74,76-80,87-88,118,123H,15-16,19-20,22,25-26,28-45,47,49,51-52,55-57H2,1-11H3,(H2,99,105)(H,102,122)(H2,98,103,104)/b14-12+,17-13+,60-18+,64-46+/t59-,61-,62-,63-,65-,66+,72+,74+,76-,77+,78-,79+,80-,87?,88+,97-/m1/s1. The van der Waals surface area contributed by atoms with Gasteiger partial charge in [-0.1, -0.05) is 89.3 Å². The molecule has 1 aliphatic carbocycles. The van der Waals surface area contributed by atoms with Gasteiger partial charge in [-0.2, -0.15) is 10.1 Å². The van der Waals surface area contributed by atoms with E-state index in [1.807, 2.05) is 114 Å². The third-order valence-corrected chi connectivity index (χ3v) is 27.7. The predicted octanol–water partition coefficient (Wildman–Crippen LogP) is 9.08. The molecule has 1 unspecified atom stereocenters. The van der Waals surface area contributed by atoms with Gasteiger partial charge in [0.1, 0.15) is 53.8 Å². The van der Waals surface area contributed by atoms with E-state index in [0.717, 1.165) is 27.8 Å². The van der Waals surface area contributed by atoms with Crippen molar-refractivity contribution in [3.05, 3.63) is 125 Å². The SMILES string of the molecule is CO[C@H]1C[C@@H]2CC[C@@H](C)[C@@](O)(O2)C(=O)C(=O)N2CCCC[C@H]2C(=O)O[C@H]([C@H](C)C[C@@H]2CC[C@@H](OC(=O)NCc3cnc(N4CCN(C(=O)CCOCCN5CCN(C(=O)CCC(=O)N6CCc7cc(Cn8nc(-c9ccc%10oc(N)nc%10c9)c9c(N)ncnc98)ccc7C6)CC5)CC4)nc3)[C@H](OC)C2)C[C@@H](OC)[C@H](C)/C=C(\C)C(O)[C@@H](OC)C(=O)[C@H](C)C[C@H](C)/C=C/C=C/C=C/1C. The molecule has 5 fully saturated rings. The molecule has 6 aliphatic heterocycles. The molecule has 7 aliphatic rings. The van der Waals surface area contributed by atoms with Crippen molar-refractivity contribution in [1.82, 2.24) is 64.5 Å². The summed E-state index contributed by atoms with van der Waals surface area (Å²) in [4.78, 5) is 146. The molecule has 0 spiro atoms. The van der Waals surface area contributed by atoms with Crippen molar-refractivity contribution in [3.8, 4) is 11.3 Å². The Kier molecular flexibility index (Phi) is 34.5. The topological polar surface area (TPSA) is 430 Å². The van der Waals surface area contributed by atoms with Crippen LogP contribution < -0.4 is 21.7 Å². The van der Waals surface area contributed by atoms with Crippen LogP contribution in [-0.4, -0.2) is 291 Å². The number of carbonyl (C=O) groups excluding carboxylic acids is 8. The number of ether oxygens (including phenoxy) is 8. The number of aliphatic hydroxyl groups is 2. The Labute approximate surface area is 772 Å². The van der Waals surface area contributed by atoms with E-state index in [9.17, 15) is 48.6 Å². The number of nitrogens with zero attached hydrogens (tertiary/aromatic N) is 13. The van der Waals surface area contributed by atoms with E-state index in [4.69, 9.17) is 58.9 Å². The Morgan fingerprint density at radius 3 is 2.17 bits per heavy atom. The van der Waals surface area contributed by atoms with Gasteiger partial charge in [0, 0.05) is 180 Å². The average Bonchev–Trinajstić information content (AvgIpc) is 1.60. The zero-order chi connectivity index (χ0) is 94.0. The first-order valence-electron chi connectivity index (χ1n) is 46.9. The molecule has 2 bridgehead atoms. The van der Waals surface area contributed by atoms with Crippen LogP contribution in [0.5, 0.6) is 0 Å². The summed E-state index contributed by atoms with van der Waals surface area (Å²) >= 11 is 0. The minimum atomic E-state index is -2.47. The fraction of sp³-hybridized carbons (Fsp3) is 0.608. The molecular formula is C97H134N16O19. The highest BCUT2D eigenvalue weighted by Crippen LogP contribution is 2.41. The summed E-state index contributed by atoms with van der Waals surface area (Å²) in [5.74, 6) is -6.73. The van der Waals surface area contributed by atoms with Crippen molar-refractivity contribution in [2.75, 3.05) is 130 Å². The number of hydrogen-bond donors (Lipinski definition) is 5. The molecular weight excluding hydrogens is 1690 g/mol. The number of piperazine rings is 2. The molecule has 4 saturated heterocycles. The highest BCUT2D eigenvalue weighted by molar-refractivity contribution is 6.39. The van der Waals surface area contributed by atoms with Gasteiger partial charge >= 0.3 is 12.1 Å². The number of nitrogens with two attached hydrogens (primary N) is 2. The van der Waals surface area contributed by atoms with Crippen LogP contribution in [0.15, 0.2) is 107 Å². The summed E-state index contributed by atoms with van der Waals surface area (Å²) in [7, 11) is 6.14. The van der Waals surface area contributed by atoms with E-state index in [-0.39, 0.29) is 99.1 Å². The van der Waals surface area contributed by atoms with Crippen molar-refractivity contribution in [2.45, 2.75) is 231 Å². The maximum atomic E-state index is 15.0. The highest BCUT2D eigenvalue weighted by atomic mass is 16.6. The number of oxazole rings is 1. The summed E-state index contributed by atoms with van der Waals surface area (Å²) in [6.45, 7) is 20.6. The molecule has 35 nitrogen and oxygen atoms in total. The van der Waals surface area contributed by atoms with Gasteiger partial charge < -0.3 is 93.8 Å². The van der Waals surface area contributed by atoms with Gasteiger partial charge in [0.25, 0.3) is 17.7 Å². The van der Waals surface area contributed by atoms with Gasteiger partial charge in [-0.25, -0.2) is 34.2 Å². The highest BCUT2D eigenvalue weighted by Gasteiger charge is 2.54. The fourth-order valence-corrected chi connectivity index (χ4v) is 19.7. The first-order chi connectivity index (χ1) is 63.5. The number of carbonyl (C=O) groups is 8. The molecule has 4 aromatic heterocycles. The van der Waals surface area contributed by atoms with Crippen LogP contribution in [-0.2, 0) is 97.5 Å². The number of benzene rings is 2. The van der Waals surface area contributed by atoms with Crippen LogP contribution in [0, 0.1) is 35.5 Å². The second kappa shape index (κ2) is 46.0. The maximum absolute atomic E-state index is 15.0. The van der Waals surface area contributed by atoms with Crippen molar-refractivity contribution < 1.29 is 90.9 Å². The molecule has 1 saturated carbocycles. The van der Waals surface area contributed by atoms with Gasteiger partial charge in [-0.15, -0.1) is 0 Å². The zero-order valence-corrected chi connectivity index (χ0v) is 78.3. The molecule has 16 atom stereocenters. The minimum Gasteiger partial charge on any atom is -0.460 e. The number of allylic oxidation sites excluding steroid dienone is 5. The number of methoxy groups -OCH3 is 4. The van der Waals surface area contributed by atoms with Gasteiger partial charge in [0.05, 0.1) is 56.0 Å². The number of Topliss-reactive ketones (excluding diaryl/α,β-unsaturated/α-hetero) is 2. The van der Waals surface area contributed by atoms with E-state index >= 15 is 0 Å². The number of nitrogens with one attached hydrogen (secondary N) is 1. The Hall–Kier alpha value is -10.5. The number of fused-ring (bicyclic) bond motifs is 6. The van der Waals surface area contributed by atoms with Crippen LogP contribution >= 0.6 is 0 Å². The second-order valence-corrected chi connectivity index (χ2v) is 36.9. The first-order valence-corrected chi connectivity index (χ1v) is 46.9. The number of amides is 5. The van der Waals surface area contributed by atoms with Crippen LogP contribution in [0.2, 0.25) is 0 Å². The largest absolute Gasteiger partial charge is 0.460 e. The van der Waals surface area contributed by atoms with E-state index in [1.54, 1.807) is 53.6 Å². The van der Waals surface area contributed by atoms with E-state index in [1.165, 1.54) is 18.3 Å². The molecule has 132 heavy (non-hydrogen) atoms. The molecule has 7 N–H and O–H groups in total. The predicted molar refractivity (Wildman–Crippen MR) is 492 cm³/mol. The number of ketones is 2. The lowest BCUT2D eigenvalue weighted by molar-refractivity contribution is -0.265. The third kappa shape index (κ3) is 24.7. The molecule has 0 radical (unpaired) electrons. The molecule has 35 heteroatoms. The lowest BCUT2D eigenvalue weighted by atomic mass is 9.78. The maximum Gasteiger partial charge on any atom is 0.407 e. The summed E-state index contributed by atoms with van der Waals surface area (Å²) in [5.41, 5.74) is 20.6. The average molecular weight is 1830 g/mol. The van der Waals surface area contributed by atoms with E-state index in [2.05, 4.69) is 47.3 Å². The Morgan fingerprint density at radius 1 is 0.705 bits per heavy atom. The molecule has 10 heterocycles. The van der Waals surface area contributed by atoms with Gasteiger partial charge in [0.15, 0.2) is 17.0 Å². The molecule has 2 aromatic carbocycles. The van der Waals surface area contributed by atoms with E-state index < -0.39 is 102 Å². The normalized spacial score (nSPS) is 28.5. The van der Waals surface area contributed by atoms with Crippen LogP contribution in [0.1, 0.15) is 167 Å². The van der Waals surface area contributed by atoms with Crippen molar-refractivity contribution >= 4 is 87.2 Å². The van der Waals surface area contributed by atoms with E-state index in [0.29, 0.717) is 207 Å². The van der Waals surface area contributed by atoms with Gasteiger partial charge in [0.2, 0.25) is 29.5 Å². The number of anilines is 3. The Bertz CT molecular complexity index is 5120. The molecule has 13 rings (SSSR count). The quantitative estimate of drug-likeness (QED) is 0.0173. The number of piperidine rings is 1. The van der Waals surface area contributed by atoms with Crippen LogP contribution in [0.25, 0.3) is 33.4 Å². The van der Waals surface area contributed by atoms with Crippen molar-refractivity contribution in [3.63, 3.8) is 0 Å². The lowest BCUT2D eigenvalue weighted by Gasteiger charge is -2.43. The zero-order valence-electron chi connectivity index (χ0n) is 78.3. The monoisotopic (exact) mass is 1830 g/mol. The summed E-state index contributed by atoms with van der Waals surface area (Å²) in [5, 5.41) is 32.5. The molecule has 5 amide bonds. The number of nitrogen functional groups attached to an aromatic ring is 2. The first kappa shape index (κ1) is 99.0. The number of aromatic nitrogens is 7. The smallest absolute Gasteiger partial charge is 0.407 e. The lowest BCUT2D eigenvalue weighted by Crippen LogP contribution is -2.61. The Balaban J connectivity index is 0.525. The number of alkyl carbamates (subject to hydrolysis) is 1. The van der Waals surface area contributed by atoms with Crippen molar-refractivity contribution in [1.29, 1.82) is 0 Å². The third-order valence-electron chi connectivity index (χ3n) is 27.7. The summed E-state index contributed by atoms with van der Waals surface area (Å²) in [6.07, 6.45) is 16.1. The Morgan fingerprint density at radius 2 is 1.44 bits per heavy atom. The number of rotatable bonds is 23. The summed E-state index contributed by atoms with van der Waals surface area (Å²) in [6, 6.07) is 10.7.